The molecule has 3 rings (SSSR count). The minimum Gasteiger partial charge on any atom is -0.481 e. The van der Waals surface area contributed by atoms with E-state index in [0.29, 0.717) is 18.4 Å². The molecule has 0 fully saturated rings. The van der Waals surface area contributed by atoms with Gasteiger partial charge in [0.25, 0.3) is 0 Å². The molecule has 0 radical (unpaired) electrons. The molecule has 196 valence electrons. The smallest absolute Gasteiger partial charge is 0.481 e. The summed E-state index contributed by atoms with van der Waals surface area (Å²) in [7, 11) is 0. The van der Waals surface area contributed by atoms with Crippen molar-refractivity contribution in [2.75, 3.05) is 18.4 Å². The second-order valence-electron chi connectivity index (χ2n) is 8.10. The third kappa shape index (κ3) is 9.51. The van der Waals surface area contributed by atoms with Crippen LogP contribution < -0.4 is 10.6 Å². The Labute approximate surface area is 204 Å². The Balaban J connectivity index is 0.000000572. The molecule has 1 aliphatic rings. The Hall–Kier alpha value is -3.70. The van der Waals surface area contributed by atoms with Crippen LogP contribution in [0.5, 0.6) is 0 Å². The number of alkyl halides is 3. The second kappa shape index (κ2) is 13.4. The summed E-state index contributed by atoms with van der Waals surface area (Å²) < 4.78 is 45.1. The first kappa shape index (κ1) is 28.5. The standard InChI is InChI=1S/C22H26FN3O3.C2HF3O2/c23-17-7-3-5-16(13-17)19(22(28)29)14-25-20(27)9-2-1-8-18-11-10-15-6-4-12-24-21(15)26-18;3-2(4,5)1(6)7/h3,5,7,10-11,13,19H,1-2,4,6,8-9,12,14H2,(H,24,26)(H,25,27)(H,28,29);(H,6,7). The highest BCUT2D eigenvalue weighted by molar-refractivity contribution is 5.79. The van der Waals surface area contributed by atoms with Gasteiger partial charge in [-0.15, -0.1) is 0 Å². The van der Waals surface area contributed by atoms with E-state index in [-0.39, 0.29) is 12.5 Å². The van der Waals surface area contributed by atoms with Gasteiger partial charge in [0.05, 0.1) is 5.92 Å². The van der Waals surface area contributed by atoms with E-state index in [1.165, 1.54) is 23.8 Å². The van der Waals surface area contributed by atoms with Crippen LogP contribution in [0.3, 0.4) is 0 Å². The highest BCUT2D eigenvalue weighted by atomic mass is 19.4. The summed E-state index contributed by atoms with van der Waals surface area (Å²) in [5, 5.41) is 22.5. The first-order valence-electron chi connectivity index (χ1n) is 11.2. The number of anilines is 1. The van der Waals surface area contributed by atoms with Crippen molar-refractivity contribution in [2.24, 2.45) is 0 Å². The molecule has 1 unspecified atom stereocenters. The maximum Gasteiger partial charge on any atom is 0.490 e. The van der Waals surface area contributed by atoms with Crippen molar-refractivity contribution in [3.05, 3.63) is 59.0 Å². The Morgan fingerprint density at radius 2 is 1.83 bits per heavy atom. The van der Waals surface area contributed by atoms with E-state index in [2.05, 4.69) is 21.7 Å². The summed E-state index contributed by atoms with van der Waals surface area (Å²) in [4.78, 5) is 37.1. The lowest BCUT2D eigenvalue weighted by Gasteiger charge is -2.17. The molecule has 1 aromatic heterocycles. The summed E-state index contributed by atoms with van der Waals surface area (Å²) in [5.74, 6) is -4.54. The van der Waals surface area contributed by atoms with Gasteiger partial charge in [-0.05, 0) is 61.4 Å². The van der Waals surface area contributed by atoms with Crippen LogP contribution in [0.2, 0.25) is 0 Å². The number of nitrogens with one attached hydrogen (secondary N) is 2. The number of carboxylic acid groups (broad SMARTS) is 2. The Bertz CT molecular complexity index is 1060. The van der Waals surface area contributed by atoms with Crippen molar-refractivity contribution >= 4 is 23.7 Å². The van der Waals surface area contributed by atoms with Crippen LogP contribution in [-0.4, -0.2) is 52.3 Å². The van der Waals surface area contributed by atoms with E-state index in [4.69, 9.17) is 9.90 Å². The van der Waals surface area contributed by atoms with Gasteiger partial charge in [-0.25, -0.2) is 14.2 Å². The second-order valence-corrected chi connectivity index (χ2v) is 8.10. The average Bonchev–Trinajstić information content (AvgIpc) is 2.81. The molecule has 0 bridgehead atoms. The first-order valence-corrected chi connectivity index (χ1v) is 11.2. The molecule has 0 saturated heterocycles. The van der Waals surface area contributed by atoms with Crippen LogP contribution in [0.4, 0.5) is 23.4 Å². The lowest BCUT2D eigenvalue weighted by molar-refractivity contribution is -0.192. The number of pyridine rings is 1. The van der Waals surface area contributed by atoms with Gasteiger partial charge in [-0.1, -0.05) is 18.2 Å². The molecule has 0 aliphatic carbocycles. The number of carbonyl (C=O) groups excluding carboxylic acids is 1. The number of hydrogen-bond acceptors (Lipinski definition) is 5. The van der Waals surface area contributed by atoms with Gasteiger partial charge < -0.3 is 20.8 Å². The van der Waals surface area contributed by atoms with Crippen molar-refractivity contribution in [3.63, 3.8) is 0 Å². The highest BCUT2D eigenvalue weighted by Crippen LogP contribution is 2.20. The highest BCUT2D eigenvalue weighted by Gasteiger charge is 2.38. The van der Waals surface area contributed by atoms with Crippen molar-refractivity contribution in [2.45, 2.75) is 50.6 Å². The number of benzene rings is 1. The number of nitrogens with zero attached hydrogens (tertiary/aromatic N) is 1. The zero-order valence-corrected chi connectivity index (χ0v) is 19.3. The quantitative estimate of drug-likeness (QED) is 0.296. The minimum atomic E-state index is -5.08. The Morgan fingerprint density at radius 3 is 2.47 bits per heavy atom. The number of hydrogen-bond donors (Lipinski definition) is 4. The number of amides is 1. The van der Waals surface area contributed by atoms with E-state index in [0.717, 1.165) is 43.7 Å². The lowest BCUT2D eigenvalue weighted by Crippen LogP contribution is -2.31. The largest absolute Gasteiger partial charge is 0.490 e. The Morgan fingerprint density at radius 1 is 1.11 bits per heavy atom. The van der Waals surface area contributed by atoms with Gasteiger partial charge in [-0.3, -0.25) is 9.59 Å². The van der Waals surface area contributed by atoms with Crippen LogP contribution >= 0.6 is 0 Å². The summed E-state index contributed by atoms with van der Waals surface area (Å²) in [6.45, 7) is 0.895. The molecule has 1 atom stereocenters. The molecule has 12 heteroatoms. The van der Waals surface area contributed by atoms with Crippen molar-refractivity contribution < 1.29 is 42.2 Å². The van der Waals surface area contributed by atoms with Crippen molar-refractivity contribution in [1.82, 2.24) is 10.3 Å². The fourth-order valence-corrected chi connectivity index (χ4v) is 3.48. The number of carboxylic acids is 2. The van der Waals surface area contributed by atoms with Gasteiger partial charge in [0.2, 0.25) is 5.91 Å². The van der Waals surface area contributed by atoms with E-state index in [1.54, 1.807) is 6.07 Å². The van der Waals surface area contributed by atoms with E-state index in [1.807, 2.05) is 6.07 Å². The number of fused-ring (bicyclic) bond motifs is 1. The fourth-order valence-electron chi connectivity index (χ4n) is 3.48. The van der Waals surface area contributed by atoms with Gasteiger partial charge in [0.1, 0.15) is 11.6 Å². The van der Waals surface area contributed by atoms with E-state index < -0.39 is 29.9 Å². The molecule has 2 aromatic rings. The SMILES string of the molecule is O=C(CCCCc1ccc2c(n1)NCCC2)NCC(C(=O)O)c1cccc(F)c1.O=C(O)C(F)(F)F. The van der Waals surface area contributed by atoms with Crippen molar-refractivity contribution in [1.29, 1.82) is 0 Å². The third-order valence-corrected chi connectivity index (χ3v) is 5.33. The molecule has 8 nitrogen and oxygen atoms in total. The van der Waals surface area contributed by atoms with Crippen LogP contribution in [0.25, 0.3) is 0 Å². The summed E-state index contributed by atoms with van der Waals surface area (Å²) in [5.41, 5.74) is 2.60. The predicted molar refractivity (Wildman–Crippen MR) is 122 cm³/mol. The Kier molecular flexibility index (Phi) is 10.6. The molecule has 1 amide bonds. The number of rotatable bonds is 9. The fraction of sp³-hybridized carbons (Fsp3) is 0.417. The predicted octanol–water partition coefficient (Wildman–Crippen LogP) is 3.91. The van der Waals surface area contributed by atoms with Gasteiger partial charge >= 0.3 is 18.1 Å². The van der Waals surface area contributed by atoms with Crippen LogP contribution in [0.15, 0.2) is 36.4 Å². The van der Waals surface area contributed by atoms with Gasteiger partial charge in [-0.2, -0.15) is 13.2 Å². The van der Waals surface area contributed by atoms with E-state index in [9.17, 15) is 32.3 Å². The monoisotopic (exact) mass is 513 g/mol. The zero-order valence-electron chi connectivity index (χ0n) is 19.3. The van der Waals surface area contributed by atoms with Gasteiger partial charge in [0, 0.05) is 25.2 Å². The molecule has 0 saturated carbocycles. The normalized spacial score (nSPS) is 13.3. The molecule has 36 heavy (non-hydrogen) atoms. The molecular formula is C24H27F4N3O5. The third-order valence-electron chi connectivity index (χ3n) is 5.33. The first-order chi connectivity index (χ1) is 17.0. The maximum atomic E-state index is 13.3. The molecule has 1 aliphatic heterocycles. The number of aliphatic carboxylic acids is 2. The number of unbranched alkanes of at least 4 members (excludes halogenated alkanes) is 1. The molecular weight excluding hydrogens is 486 g/mol. The lowest BCUT2D eigenvalue weighted by atomic mass is 9.99. The molecule has 0 spiro atoms. The number of aryl methyl sites for hydroxylation is 2. The minimum absolute atomic E-state index is 0.0599. The van der Waals surface area contributed by atoms with E-state index >= 15 is 0 Å². The number of aromatic nitrogens is 1. The maximum absolute atomic E-state index is 13.3. The molecule has 1 aromatic carbocycles. The zero-order chi connectivity index (χ0) is 26.7. The summed E-state index contributed by atoms with van der Waals surface area (Å²) in [6, 6.07) is 9.62. The average molecular weight is 513 g/mol. The molecule has 2 heterocycles. The number of halogens is 4. The van der Waals surface area contributed by atoms with Crippen LogP contribution in [-0.2, 0) is 27.2 Å². The summed E-state index contributed by atoms with van der Waals surface area (Å²) in [6.07, 6.45) is -0.267. The topological polar surface area (TPSA) is 129 Å². The number of carbonyl (C=O) groups is 3. The van der Waals surface area contributed by atoms with Gasteiger partial charge in [0.15, 0.2) is 0 Å². The van der Waals surface area contributed by atoms with Crippen molar-refractivity contribution in [3.8, 4) is 0 Å². The molecule has 4 N–H and O–H groups in total. The van der Waals surface area contributed by atoms with Crippen LogP contribution in [0.1, 0.15) is 48.4 Å². The summed E-state index contributed by atoms with van der Waals surface area (Å²) >= 11 is 0. The van der Waals surface area contributed by atoms with Crippen LogP contribution in [0, 0.1) is 5.82 Å².